The van der Waals surface area contributed by atoms with Crippen LogP contribution in [0.25, 0.3) is 10.9 Å². The number of carbonyl (C=O) groups is 2. The maximum Gasteiger partial charge on any atom is 0.307 e. The lowest BCUT2D eigenvalue weighted by atomic mass is 10.1. The second-order valence-electron chi connectivity index (χ2n) is 4.12. The van der Waals surface area contributed by atoms with Gasteiger partial charge in [0, 0.05) is 18.1 Å². The van der Waals surface area contributed by atoms with Gasteiger partial charge in [0.2, 0.25) is 0 Å². The number of halogens is 1. The Morgan fingerprint density at radius 3 is 2.95 bits per heavy atom. The first-order valence-electron chi connectivity index (χ1n) is 6.01. The van der Waals surface area contributed by atoms with Crippen molar-refractivity contribution in [2.45, 2.75) is 6.42 Å². The smallest absolute Gasteiger partial charge is 0.307 e. The summed E-state index contributed by atoms with van der Waals surface area (Å²) in [4.78, 5) is 26.7. The number of para-hydroxylation sites is 1. The summed E-state index contributed by atoms with van der Waals surface area (Å²) in [6.45, 7) is 0.173. The number of ether oxygens (including phenoxy) is 1. The lowest BCUT2D eigenvalue weighted by Gasteiger charge is -2.05. The fraction of sp³-hybridized carbons (Fsp3) is 0.214. The Kier molecular flexibility index (Phi) is 4.24. The van der Waals surface area contributed by atoms with E-state index in [1.165, 1.54) is 19.4 Å². The first kappa shape index (κ1) is 13.9. The molecule has 2 rings (SSSR count). The van der Waals surface area contributed by atoms with E-state index in [4.69, 9.17) is 0 Å². The van der Waals surface area contributed by atoms with Gasteiger partial charge in [0.05, 0.1) is 19.1 Å². The molecular weight excluding hydrogens is 263 g/mol. The molecule has 5 nitrogen and oxygen atoms in total. The van der Waals surface area contributed by atoms with E-state index in [0.29, 0.717) is 10.9 Å². The Morgan fingerprint density at radius 2 is 2.20 bits per heavy atom. The second-order valence-corrected chi connectivity index (χ2v) is 4.12. The van der Waals surface area contributed by atoms with Crippen molar-refractivity contribution in [2.75, 3.05) is 13.7 Å². The molecule has 1 aromatic carbocycles. The third-order valence-electron chi connectivity index (χ3n) is 2.77. The standard InChI is InChI=1S/C14H13FN2O3/c1-20-12(18)5-6-16-14(19)10-7-9-3-2-4-11(15)13(9)17-8-10/h2-4,7-8H,5-6H2,1H3,(H,16,19). The number of pyridine rings is 1. The van der Waals surface area contributed by atoms with Gasteiger partial charge in [-0.3, -0.25) is 14.6 Å². The number of hydrogen-bond donors (Lipinski definition) is 1. The van der Waals surface area contributed by atoms with Crippen LogP contribution in [0.15, 0.2) is 30.5 Å². The predicted molar refractivity (Wildman–Crippen MR) is 70.7 cm³/mol. The molecule has 0 bridgehead atoms. The highest BCUT2D eigenvalue weighted by Gasteiger charge is 2.09. The summed E-state index contributed by atoms with van der Waals surface area (Å²) in [6.07, 6.45) is 1.40. The van der Waals surface area contributed by atoms with Crippen molar-refractivity contribution in [3.8, 4) is 0 Å². The van der Waals surface area contributed by atoms with Crippen LogP contribution in [0.3, 0.4) is 0 Å². The number of nitrogens with zero attached hydrogens (tertiary/aromatic N) is 1. The van der Waals surface area contributed by atoms with Gasteiger partial charge in [-0.1, -0.05) is 12.1 Å². The zero-order valence-corrected chi connectivity index (χ0v) is 10.9. The summed E-state index contributed by atoms with van der Waals surface area (Å²) in [6, 6.07) is 6.10. The molecule has 2 aromatic rings. The monoisotopic (exact) mass is 276 g/mol. The van der Waals surface area contributed by atoms with E-state index >= 15 is 0 Å². The Labute approximate surface area is 114 Å². The Bertz CT molecular complexity index is 658. The fourth-order valence-corrected chi connectivity index (χ4v) is 1.73. The van der Waals surface area contributed by atoms with Gasteiger partial charge in [-0.25, -0.2) is 4.39 Å². The number of nitrogens with one attached hydrogen (secondary N) is 1. The molecule has 0 saturated carbocycles. The molecular formula is C14H13FN2O3. The van der Waals surface area contributed by atoms with E-state index in [-0.39, 0.29) is 24.4 Å². The minimum Gasteiger partial charge on any atom is -0.469 e. The van der Waals surface area contributed by atoms with Gasteiger partial charge in [-0.15, -0.1) is 0 Å². The van der Waals surface area contributed by atoms with Crippen molar-refractivity contribution >= 4 is 22.8 Å². The number of amides is 1. The summed E-state index contributed by atoms with van der Waals surface area (Å²) in [5.41, 5.74) is 0.534. The van der Waals surface area contributed by atoms with E-state index in [1.54, 1.807) is 18.2 Å². The number of methoxy groups -OCH3 is 1. The van der Waals surface area contributed by atoms with E-state index < -0.39 is 11.8 Å². The predicted octanol–water partition coefficient (Wildman–Crippen LogP) is 1.67. The highest BCUT2D eigenvalue weighted by atomic mass is 19.1. The molecule has 0 unspecified atom stereocenters. The van der Waals surface area contributed by atoms with E-state index in [9.17, 15) is 14.0 Å². The van der Waals surface area contributed by atoms with Gasteiger partial charge in [0.25, 0.3) is 5.91 Å². The largest absolute Gasteiger partial charge is 0.469 e. The van der Waals surface area contributed by atoms with Crippen LogP contribution in [0, 0.1) is 5.82 Å². The first-order chi connectivity index (χ1) is 9.61. The normalized spacial score (nSPS) is 10.3. The molecule has 0 aliphatic rings. The van der Waals surface area contributed by atoms with E-state index in [0.717, 1.165) is 0 Å². The van der Waals surface area contributed by atoms with Crippen molar-refractivity contribution in [3.05, 3.63) is 41.8 Å². The van der Waals surface area contributed by atoms with Crippen molar-refractivity contribution in [1.82, 2.24) is 10.3 Å². The molecule has 0 radical (unpaired) electrons. The zero-order valence-electron chi connectivity index (χ0n) is 10.9. The fourth-order valence-electron chi connectivity index (χ4n) is 1.73. The third kappa shape index (κ3) is 3.09. The molecule has 0 aliphatic heterocycles. The quantitative estimate of drug-likeness (QED) is 0.862. The molecule has 0 aliphatic carbocycles. The van der Waals surface area contributed by atoms with Crippen LogP contribution < -0.4 is 5.32 Å². The molecule has 1 N–H and O–H groups in total. The third-order valence-corrected chi connectivity index (χ3v) is 2.77. The zero-order chi connectivity index (χ0) is 14.5. The highest BCUT2D eigenvalue weighted by Crippen LogP contribution is 2.16. The van der Waals surface area contributed by atoms with Crippen molar-refractivity contribution in [2.24, 2.45) is 0 Å². The molecule has 6 heteroatoms. The Balaban J connectivity index is 2.09. The van der Waals surface area contributed by atoms with Crippen LogP contribution in [0.4, 0.5) is 4.39 Å². The van der Waals surface area contributed by atoms with Crippen LogP contribution in [0.2, 0.25) is 0 Å². The minimum atomic E-state index is -0.430. The molecule has 1 aromatic heterocycles. The SMILES string of the molecule is COC(=O)CCNC(=O)c1cnc2c(F)cccc2c1. The van der Waals surface area contributed by atoms with Crippen LogP contribution in [0.5, 0.6) is 0 Å². The van der Waals surface area contributed by atoms with Gasteiger partial charge in [-0.2, -0.15) is 0 Å². The van der Waals surface area contributed by atoms with Crippen LogP contribution in [-0.2, 0) is 9.53 Å². The topological polar surface area (TPSA) is 68.3 Å². The minimum absolute atomic E-state index is 0.0951. The first-order valence-corrected chi connectivity index (χ1v) is 6.01. The van der Waals surface area contributed by atoms with Crippen LogP contribution >= 0.6 is 0 Å². The van der Waals surface area contributed by atoms with Gasteiger partial charge in [0.1, 0.15) is 11.3 Å². The maximum absolute atomic E-state index is 13.4. The van der Waals surface area contributed by atoms with Crippen molar-refractivity contribution in [1.29, 1.82) is 0 Å². The molecule has 0 fully saturated rings. The second kappa shape index (κ2) is 6.10. The number of fused-ring (bicyclic) bond motifs is 1. The van der Waals surface area contributed by atoms with Gasteiger partial charge in [-0.05, 0) is 12.1 Å². The molecule has 0 saturated heterocycles. The summed E-state index contributed by atoms with van der Waals surface area (Å²) in [5, 5.41) is 3.12. The summed E-state index contributed by atoms with van der Waals surface area (Å²) in [7, 11) is 1.28. The average molecular weight is 276 g/mol. The van der Waals surface area contributed by atoms with Crippen molar-refractivity contribution < 1.29 is 18.7 Å². The number of rotatable bonds is 4. The van der Waals surface area contributed by atoms with Gasteiger partial charge >= 0.3 is 5.97 Å². The lowest BCUT2D eigenvalue weighted by molar-refractivity contribution is -0.140. The molecule has 0 spiro atoms. The number of aromatic nitrogens is 1. The summed E-state index contributed by atoms with van der Waals surface area (Å²) < 4.78 is 17.9. The highest BCUT2D eigenvalue weighted by molar-refractivity contribution is 5.97. The number of carbonyl (C=O) groups excluding carboxylic acids is 2. The van der Waals surface area contributed by atoms with E-state index in [2.05, 4.69) is 15.0 Å². The maximum atomic E-state index is 13.4. The molecule has 20 heavy (non-hydrogen) atoms. The van der Waals surface area contributed by atoms with Crippen LogP contribution in [-0.4, -0.2) is 30.5 Å². The number of benzene rings is 1. The van der Waals surface area contributed by atoms with Gasteiger partial charge < -0.3 is 10.1 Å². The summed E-state index contributed by atoms with van der Waals surface area (Å²) >= 11 is 0. The average Bonchev–Trinajstić information content (AvgIpc) is 2.46. The Hall–Kier alpha value is -2.50. The molecule has 0 atom stereocenters. The molecule has 1 amide bonds. The molecule has 104 valence electrons. The summed E-state index contributed by atoms with van der Waals surface area (Å²) in [5.74, 6) is -1.20. The number of hydrogen-bond acceptors (Lipinski definition) is 4. The van der Waals surface area contributed by atoms with Crippen molar-refractivity contribution in [3.63, 3.8) is 0 Å². The van der Waals surface area contributed by atoms with Crippen LogP contribution in [0.1, 0.15) is 16.8 Å². The Morgan fingerprint density at radius 1 is 1.40 bits per heavy atom. The number of esters is 1. The van der Waals surface area contributed by atoms with E-state index in [1.807, 2.05) is 0 Å². The molecule has 1 heterocycles. The lowest BCUT2D eigenvalue weighted by Crippen LogP contribution is -2.26. The van der Waals surface area contributed by atoms with Gasteiger partial charge in [0.15, 0.2) is 0 Å².